The summed E-state index contributed by atoms with van der Waals surface area (Å²) >= 11 is 6.10. The first kappa shape index (κ1) is 17.3. The lowest BCUT2D eigenvalue weighted by atomic mass is 10.1. The molecule has 1 aliphatic heterocycles. The summed E-state index contributed by atoms with van der Waals surface area (Å²) in [7, 11) is 0. The molecule has 1 unspecified atom stereocenters. The topological polar surface area (TPSA) is 75.4 Å². The normalized spacial score (nSPS) is 15.3. The summed E-state index contributed by atoms with van der Waals surface area (Å²) in [6.07, 6.45) is 1.47. The molecule has 2 aromatic carbocycles. The molecule has 2 aromatic rings. The molecule has 1 aliphatic rings. The number of amides is 2. The molecule has 6 heteroatoms. The van der Waals surface area contributed by atoms with Gasteiger partial charge in [-0.1, -0.05) is 23.7 Å². The number of anilines is 2. The number of rotatable bonds is 4. The standard InChI is InChI=1S/C19H20ClN3O2/c1-12(22-19(25)16-8-7-14(21)11-17(16)20)13-4-2-5-15(10-13)23-9-3-6-18(23)24/h2,4-5,7-8,10-12H,3,6,9,21H2,1H3,(H,22,25). The molecule has 2 amide bonds. The quantitative estimate of drug-likeness (QED) is 0.822. The van der Waals surface area contributed by atoms with Gasteiger partial charge in [-0.05, 0) is 49.2 Å². The third-order valence-corrected chi connectivity index (χ3v) is 4.65. The Morgan fingerprint density at radius 1 is 1.28 bits per heavy atom. The molecule has 25 heavy (non-hydrogen) atoms. The van der Waals surface area contributed by atoms with Crippen LogP contribution in [0.5, 0.6) is 0 Å². The monoisotopic (exact) mass is 357 g/mol. The van der Waals surface area contributed by atoms with Gasteiger partial charge in [-0.25, -0.2) is 0 Å². The van der Waals surface area contributed by atoms with Gasteiger partial charge in [0.15, 0.2) is 0 Å². The van der Waals surface area contributed by atoms with E-state index in [9.17, 15) is 9.59 Å². The number of carbonyl (C=O) groups is 2. The first-order valence-corrected chi connectivity index (χ1v) is 8.59. The lowest BCUT2D eigenvalue weighted by Crippen LogP contribution is -2.27. The second-order valence-electron chi connectivity index (χ2n) is 6.18. The number of carbonyl (C=O) groups excluding carboxylic acids is 2. The number of nitrogens with two attached hydrogens (primary N) is 1. The third-order valence-electron chi connectivity index (χ3n) is 4.34. The maximum absolute atomic E-state index is 12.5. The molecule has 0 bridgehead atoms. The lowest BCUT2D eigenvalue weighted by molar-refractivity contribution is -0.117. The summed E-state index contributed by atoms with van der Waals surface area (Å²) in [4.78, 5) is 26.2. The molecular formula is C19H20ClN3O2. The second-order valence-corrected chi connectivity index (χ2v) is 6.59. The molecule has 130 valence electrons. The minimum absolute atomic E-state index is 0.141. The van der Waals surface area contributed by atoms with Crippen LogP contribution in [0.2, 0.25) is 5.02 Å². The molecule has 1 heterocycles. The van der Waals surface area contributed by atoms with Crippen LogP contribution >= 0.6 is 11.6 Å². The zero-order valence-corrected chi connectivity index (χ0v) is 14.7. The Morgan fingerprint density at radius 2 is 2.08 bits per heavy atom. The zero-order chi connectivity index (χ0) is 18.0. The molecule has 3 rings (SSSR count). The minimum atomic E-state index is -0.264. The molecule has 0 aliphatic carbocycles. The molecule has 0 radical (unpaired) electrons. The number of nitrogens with zero attached hydrogens (tertiary/aromatic N) is 1. The maximum atomic E-state index is 12.5. The van der Waals surface area contributed by atoms with Gasteiger partial charge in [0.25, 0.3) is 5.91 Å². The molecule has 1 fully saturated rings. The van der Waals surface area contributed by atoms with Crippen LogP contribution in [0.3, 0.4) is 0 Å². The largest absolute Gasteiger partial charge is 0.399 e. The van der Waals surface area contributed by atoms with Crippen LogP contribution in [0.4, 0.5) is 11.4 Å². The summed E-state index contributed by atoms with van der Waals surface area (Å²) in [5.41, 5.74) is 8.35. The van der Waals surface area contributed by atoms with Gasteiger partial charge in [-0.15, -0.1) is 0 Å². The highest BCUT2D eigenvalue weighted by Gasteiger charge is 2.22. The van der Waals surface area contributed by atoms with E-state index in [2.05, 4.69) is 5.32 Å². The molecule has 0 spiro atoms. The van der Waals surface area contributed by atoms with Crippen molar-refractivity contribution in [2.24, 2.45) is 0 Å². The molecule has 0 saturated carbocycles. The molecule has 1 atom stereocenters. The van der Waals surface area contributed by atoms with Gasteiger partial charge in [0.05, 0.1) is 16.6 Å². The van der Waals surface area contributed by atoms with Crippen molar-refractivity contribution < 1.29 is 9.59 Å². The van der Waals surface area contributed by atoms with Crippen molar-refractivity contribution in [1.29, 1.82) is 0 Å². The van der Waals surface area contributed by atoms with E-state index in [1.807, 2.05) is 31.2 Å². The number of hydrogen-bond donors (Lipinski definition) is 2. The van der Waals surface area contributed by atoms with Gasteiger partial charge in [0, 0.05) is 24.3 Å². The van der Waals surface area contributed by atoms with E-state index in [0.717, 1.165) is 24.2 Å². The number of hydrogen-bond acceptors (Lipinski definition) is 3. The van der Waals surface area contributed by atoms with E-state index in [1.54, 1.807) is 23.1 Å². The number of benzene rings is 2. The Morgan fingerprint density at radius 3 is 2.76 bits per heavy atom. The van der Waals surface area contributed by atoms with Crippen LogP contribution < -0.4 is 16.0 Å². The summed E-state index contributed by atoms with van der Waals surface area (Å²) < 4.78 is 0. The number of nitrogens with one attached hydrogen (secondary N) is 1. The van der Waals surface area contributed by atoms with Gasteiger partial charge >= 0.3 is 0 Å². The highest BCUT2D eigenvalue weighted by molar-refractivity contribution is 6.34. The average Bonchev–Trinajstić information content (AvgIpc) is 3.01. The van der Waals surface area contributed by atoms with Crippen molar-refractivity contribution in [1.82, 2.24) is 5.32 Å². The molecule has 0 aromatic heterocycles. The molecule has 5 nitrogen and oxygen atoms in total. The van der Waals surface area contributed by atoms with Crippen LogP contribution in [-0.2, 0) is 4.79 Å². The molecular weight excluding hydrogens is 338 g/mol. The van der Waals surface area contributed by atoms with Gasteiger partial charge in [-0.2, -0.15) is 0 Å². The van der Waals surface area contributed by atoms with Crippen LogP contribution in [0.1, 0.15) is 41.7 Å². The Kier molecular flexibility index (Phi) is 4.95. The number of halogens is 1. The second kappa shape index (κ2) is 7.15. The zero-order valence-electron chi connectivity index (χ0n) is 14.0. The van der Waals surface area contributed by atoms with Gasteiger partial charge < -0.3 is 16.0 Å². The SMILES string of the molecule is CC(NC(=O)c1ccc(N)cc1Cl)c1cccc(N2CCCC2=O)c1. The fraction of sp³-hybridized carbons (Fsp3) is 0.263. The van der Waals surface area contributed by atoms with Crippen LogP contribution in [-0.4, -0.2) is 18.4 Å². The van der Waals surface area contributed by atoms with Crippen LogP contribution in [0.15, 0.2) is 42.5 Å². The van der Waals surface area contributed by atoms with E-state index in [1.165, 1.54) is 0 Å². The van der Waals surface area contributed by atoms with Crippen molar-refractivity contribution >= 4 is 34.8 Å². The Hall–Kier alpha value is -2.53. The van der Waals surface area contributed by atoms with E-state index in [0.29, 0.717) is 22.7 Å². The highest BCUT2D eigenvalue weighted by atomic mass is 35.5. The summed E-state index contributed by atoms with van der Waals surface area (Å²) in [5, 5.41) is 3.25. The van der Waals surface area contributed by atoms with Gasteiger partial charge in [0.1, 0.15) is 0 Å². The average molecular weight is 358 g/mol. The van der Waals surface area contributed by atoms with E-state index in [4.69, 9.17) is 17.3 Å². The van der Waals surface area contributed by atoms with Gasteiger partial charge in [-0.3, -0.25) is 9.59 Å². The summed E-state index contributed by atoms with van der Waals surface area (Å²) in [6, 6.07) is 12.3. The van der Waals surface area contributed by atoms with Crippen molar-refractivity contribution in [3.05, 3.63) is 58.6 Å². The third kappa shape index (κ3) is 3.77. The lowest BCUT2D eigenvalue weighted by Gasteiger charge is -2.20. The predicted octanol–water partition coefficient (Wildman–Crippen LogP) is 3.54. The Balaban J connectivity index is 1.75. The molecule has 3 N–H and O–H groups in total. The van der Waals surface area contributed by atoms with Gasteiger partial charge in [0.2, 0.25) is 5.91 Å². The van der Waals surface area contributed by atoms with Crippen molar-refractivity contribution in [2.45, 2.75) is 25.8 Å². The Bertz CT molecular complexity index is 822. The first-order chi connectivity index (χ1) is 12.0. The summed E-state index contributed by atoms with van der Waals surface area (Å²) in [6.45, 7) is 2.64. The summed E-state index contributed by atoms with van der Waals surface area (Å²) in [5.74, 6) is -0.123. The maximum Gasteiger partial charge on any atom is 0.253 e. The van der Waals surface area contributed by atoms with E-state index in [-0.39, 0.29) is 17.9 Å². The molecule has 1 saturated heterocycles. The predicted molar refractivity (Wildman–Crippen MR) is 99.8 cm³/mol. The van der Waals surface area contributed by atoms with Crippen LogP contribution in [0, 0.1) is 0 Å². The van der Waals surface area contributed by atoms with Crippen molar-refractivity contribution in [2.75, 3.05) is 17.2 Å². The van der Waals surface area contributed by atoms with E-state index >= 15 is 0 Å². The smallest absolute Gasteiger partial charge is 0.253 e. The first-order valence-electron chi connectivity index (χ1n) is 8.22. The highest BCUT2D eigenvalue weighted by Crippen LogP contribution is 2.25. The Labute approximate surface area is 151 Å². The van der Waals surface area contributed by atoms with Crippen molar-refractivity contribution in [3.63, 3.8) is 0 Å². The van der Waals surface area contributed by atoms with Crippen molar-refractivity contribution in [3.8, 4) is 0 Å². The number of nitrogen functional groups attached to an aromatic ring is 1. The van der Waals surface area contributed by atoms with E-state index < -0.39 is 0 Å². The fourth-order valence-corrected chi connectivity index (χ4v) is 3.23. The fourth-order valence-electron chi connectivity index (χ4n) is 2.96. The van der Waals surface area contributed by atoms with Crippen LogP contribution in [0.25, 0.3) is 0 Å². The minimum Gasteiger partial charge on any atom is -0.399 e.